The lowest BCUT2D eigenvalue weighted by Crippen LogP contribution is -2.39. The fraction of sp³-hybridized carbons (Fsp3) is 0.208. The lowest BCUT2D eigenvalue weighted by molar-refractivity contribution is -0.121. The zero-order valence-corrected chi connectivity index (χ0v) is 16.2. The van der Waals surface area contributed by atoms with E-state index in [4.69, 9.17) is 9.47 Å². The highest BCUT2D eigenvalue weighted by Gasteiger charge is 2.26. The highest BCUT2D eigenvalue weighted by Crippen LogP contribution is 2.35. The SMILES string of the molecule is CC(O)(CNC(=O)Cc1ccc(-c2ccccc2)cc1)c1ccc2c(c1)OCO2. The summed E-state index contributed by atoms with van der Waals surface area (Å²) in [4.78, 5) is 12.4. The maximum atomic E-state index is 12.4. The van der Waals surface area contributed by atoms with Gasteiger partial charge in [0.25, 0.3) is 0 Å². The van der Waals surface area contributed by atoms with Crippen LogP contribution in [0.1, 0.15) is 18.1 Å². The number of hydrogen-bond donors (Lipinski definition) is 2. The molecule has 1 unspecified atom stereocenters. The molecule has 3 aromatic rings. The number of aliphatic hydroxyl groups is 1. The van der Waals surface area contributed by atoms with Crippen molar-refractivity contribution in [3.63, 3.8) is 0 Å². The van der Waals surface area contributed by atoms with Crippen LogP contribution in [0.2, 0.25) is 0 Å². The third-order valence-corrected chi connectivity index (χ3v) is 5.05. The van der Waals surface area contributed by atoms with Gasteiger partial charge in [0.1, 0.15) is 5.60 Å². The molecule has 0 aliphatic carbocycles. The molecule has 5 heteroatoms. The lowest BCUT2D eigenvalue weighted by atomic mass is 9.95. The summed E-state index contributed by atoms with van der Waals surface area (Å²) < 4.78 is 10.7. The van der Waals surface area contributed by atoms with Crippen LogP contribution in [0, 0.1) is 0 Å². The van der Waals surface area contributed by atoms with Crippen LogP contribution in [0.3, 0.4) is 0 Å². The number of rotatable bonds is 6. The van der Waals surface area contributed by atoms with E-state index < -0.39 is 5.60 Å². The third kappa shape index (κ3) is 4.41. The summed E-state index contributed by atoms with van der Waals surface area (Å²) >= 11 is 0. The largest absolute Gasteiger partial charge is 0.454 e. The third-order valence-electron chi connectivity index (χ3n) is 5.05. The van der Waals surface area contributed by atoms with Crippen LogP contribution in [0.25, 0.3) is 11.1 Å². The van der Waals surface area contributed by atoms with Gasteiger partial charge in [-0.3, -0.25) is 4.79 Å². The zero-order valence-electron chi connectivity index (χ0n) is 16.2. The maximum Gasteiger partial charge on any atom is 0.231 e. The van der Waals surface area contributed by atoms with E-state index in [1.54, 1.807) is 25.1 Å². The first-order chi connectivity index (χ1) is 14.0. The number of nitrogens with one attached hydrogen (secondary N) is 1. The Hall–Kier alpha value is -3.31. The van der Waals surface area contributed by atoms with Crippen LogP contribution in [-0.4, -0.2) is 24.4 Å². The number of carbonyl (C=O) groups excluding carboxylic acids is 1. The average molecular weight is 389 g/mol. The van der Waals surface area contributed by atoms with Gasteiger partial charge in [0.15, 0.2) is 11.5 Å². The molecule has 0 fully saturated rings. The first-order valence-electron chi connectivity index (χ1n) is 9.55. The predicted octanol–water partition coefficient (Wildman–Crippen LogP) is 3.65. The molecule has 5 nitrogen and oxygen atoms in total. The van der Waals surface area contributed by atoms with E-state index >= 15 is 0 Å². The van der Waals surface area contributed by atoms with Crippen molar-refractivity contribution in [1.82, 2.24) is 5.32 Å². The van der Waals surface area contributed by atoms with E-state index in [0.29, 0.717) is 17.1 Å². The minimum absolute atomic E-state index is 0.105. The Morgan fingerprint density at radius 1 is 0.966 bits per heavy atom. The second kappa shape index (κ2) is 7.97. The quantitative estimate of drug-likeness (QED) is 0.675. The fourth-order valence-electron chi connectivity index (χ4n) is 3.30. The number of fused-ring (bicyclic) bond motifs is 1. The summed E-state index contributed by atoms with van der Waals surface area (Å²) in [6.45, 7) is 1.95. The maximum absolute atomic E-state index is 12.4. The van der Waals surface area contributed by atoms with Crippen molar-refractivity contribution in [2.45, 2.75) is 18.9 Å². The fourth-order valence-corrected chi connectivity index (χ4v) is 3.30. The molecule has 0 saturated heterocycles. The van der Waals surface area contributed by atoms with Gasteiger partial charge in [-0.25, -0.2) is 0 Å². The summed E-state index contributed by atoms with van der Waals surface area (Å²) in [6, 6.07) is 23.3. The molecule has 1 heterocycles. The van der Waals surface area contributed by atoms with Gasteiger partial charge >= 0.3 is 0 Å². The van der Waals surface area contributed by atoms with E-state index in [1.807, 2.05) is 42.5 Å². The summed E-state index contributed by atoms with van der Waals surface area (Å²) in [7, 11) is 0. The molecule has 1 aliphatic heterocycles. The van der Waals surface area contributed by atoms with Gasteiger partial charge in [0.05, 0.1) is 13.0 Å². The summed E-state index contributed by atoms with van der Waals surface area (Å²) in [6.07, 6.45) is 0.256. The molecule has 2 N–H and O–H groups in total. The molecule has 0 spiro atoms. The number of benzene rings is 3. The highest BCUT2D eigenvalue weighted by atomic mass is 16.7. The predicted molar refractivity (Wildman–Crippen MR) is 111 cm³/mol. The van der Waals surface area contributed by atoms with Crippen LogP contribution in [0.15, 0.2) is 72.8 Å². The van der Waals surface area contributed by atoms with Gasteiger partial charge < -0.3 is 19.9 Å². The van der Waals surface area contributed by atoms with Crippen LogP contribution in [-0.2, 0) is 16.8 Å². The van der Waals surface area contributed by atoms with E-state index in [-0.39, 0.29) is 25.7 Å². The Balaban J connectivity index is 1.35. The van der Waals surface area contributed by atoms with Crippen LogP contribution in [0.4, 0.5) is 0 Å². The summed E-state index contributed by atoms with van der Waals surface area (Å²) in [5.41, 5.74) is 2.62. The topological polar surface area (TPSA) is 67.8 Å². The highest BCUT2D eigenvalue weighted by molar-refractivity contribution is 5.79. The Kier molecular flexibility index (Phi) is 5.23. The number of carbonyl (C=O) groups is 1. The normalized spacial score (nSPS) is 14.3. The number of hydrogen-bond acceptors (Lipinski definition) is 4. The van der Waals surface area contributed by atoms with E-state index in [9.17, 15) is 9.90 Å². The van der Waals surface area contributed by atoms with Gasteiger partial charge in [0, 0.05) is 0 Å². The number of ether oxygens (including phenoxy) is 2. The molecule has 1 atom stereocenters. The van der Waals surface area contributed by atoms with Crippen molar-refractivity contribution in [1.29, 1.82) is 0 Å². The van der Waals surface area contributed by atoms with Gasteiger partial charge in [-0.05, 0) is 41.3 Å². The van der Waals surface area contributed by atoms with Crippen LogP contribution < -0.4 is 14.8 Å². The lowest BCUT2D eigenvalue weighted by Gasteiger charge is -2.24. The summed E-state index contributed by atoms with van der Waals surface area (Å²) in [5, 5.41) is 13.6. The van der Waals surface area contributed by atoms with Crippen molar-refractivity contribution in [2.24, 2.45) is 0 Å². The Morgan fingerprint density at radius 2 is 1.66 bits per heavy atom. The molecule has 29 heavy (non-hydrogen) atoms. The molecule has 148 valence electrons. The molecule has 0 radical (unpaired) electrons. The smallest absolute Gasteiger partial charge is 0.231 e. The van der Waals surface area contributed by atoms with Crippen molar-refractivity contribution in [3.8, 4) is 22.6 Å². The molecule has 4 rings (SSSR count). The van der Waals surface area contributed by atoms with Gasteiger partial charge in [0.2, 0.25) is 12.7 Å². The Morgan fingerprint density at radius 3 is 2.41 bits per heavy atom. The molecule has 3 aromatic carbocycles. The van der Waals surface area contributed by atoms with Crippen LogP contribution in [0.5, 0.6) is 11.5 Å². The van der Waals surface area contributed by atoms with Gasteiger partial charge in [-0.15, -0.1) is 0 Å². The first-order valence-corrected chi connectivity index (χ1v) is 9.55. The summed E-state index contributed by atoms with van der Waals surface area (Å²) in [5.74, 6) is 1.12. The van der Waals surface area contributed by atoms with Gasteiger partial charge in [-0.2, -0.15) is 0 Å². The van der Waals surface area contributed by atoms with Gasteiger partial charge in [-0.1, -0.05) is 60.7 Å². The second-order valence-corrected chi connectivity index (χ2v) is 7.36. The number of amides is 1. The molecule has 0 saturated carbocycles. The van der Waals surface area contributed by atoms with E-state index in [1.165, 1.54) is 0 Å². The molecule has 1 amide bonds. The molecular weight excluding hydrogens is 366 g/mol. The van der Waals surface area contributed by atoms with Crippen molar-refractivity contribution < 1.29 is 19.4 Å². The second-order valence-electron chi connectivity index (χ2n) is 7.36. The Bertz CT molecular complexity index is 997. The average Bonchev–Trinajstić information content (AvgIpc) is 3.22. The van der Waals surface area contributed by atoms with E-state index in [2.05, 4.69) is 17.4 Å². The molecule has 1 aliphatic rings. The zero-order chi connectivity index (χ0) is 20.3. The minimum atomic E-state index is -1.21. The van der Waals surface area contributed by atoms with Crippen LogP contribution >= 0.6 is 0 Å². The molecular formula is C24H23NO4. The van der Waals surface area contributed by atoms with Crippen molar-refractivity contribution in [2.75, 3.05) is 13.3 Å². The Labute approximate surface area is 169 Å². The van der Waals surface area contributed by atoms with E-state index in [0.717, 1.165) is 16.7 Å². The monoisotopic (exact) mass is 389 g/mol. The standard InChI is InChI=1S/C24H23NO4/c1-24(27,20-11-12-21-22(14-20)29-16-28-21)15-25-23(26)13-17-7-9-19(10-8-17)18-5-3-2-4-6-18/h2-12,14,27H,13,15-16H2,1H3,(H,25,26). The molecule has 0 aromatic heterocycles. The van der Waals surface area contributed by atoms with Crippen molar-refractivity contribution in [3.05, 3.63) is 83.9 Å². The first kappa shape index (κ1) is 19.0. The molecule has 0 bridgehead atoms. The van der Waals surface area contributed by atoms with Crippen molar-refractivity contribution >= 4 is 5.91 Å². The minimum Gasteiger partial charge on any atom is -0.454 e.